The fourth-order valence-corrected chi connectivity index (χ4v) is 3.14. The Morgan fingerprint density at radius 3 is 2.57 bits per heavy atom. The highest BCUT2D eigenvalue weighted by Gasteiger charge is 2.31. The van der Waals surface area contributed by atoms with Crippen molar-refractivity contribution in [2.45, 2.75) is 31.8 Å². The summed E-state index contributed by atoms with van der Waals surface area (Å²) in [4.78, 5) is 13.7. The van der Waals surface area contributed by atoms with Gasteiger partial charge in [-0.3, -0.25) is 9.69 Å². The van der Waals surface area contributed by atoms with Crippen molar-refractivity contribution >= 4 is 5.91 Å². The number of methoxy groups -OCH3 is 1. The summed E-state index contributed by atoms with van der Waals surface area (Å²) in [6.45, 7) is 3.64. The van der Waals surface area contributed by atoms with E-state index in [9.17, 15) is 4.79 Å². The summed E-state index contributed by atoms with van der Waals surface area (Å²) in [6.07, 6.45) is 1.85. The van der Waals surface area contributed by atoms with E-state index >= 15 is 0 Å². The van der Waals surface area contributed by atoms with Crippen LogP contribution >= 0.6 is 0 Å². The molecule has 1 heterocycles. The summed E-state index contributed by atoms with van der Waals surface area (Å²) in [5, 5.41) is 0. The van der Waals surface area contributed by atoms with Gasteiger partial charge in [0.1, 0.15) is 5.75 Å². The molecule has 3 unspecified atom stereocenters. The molecule has 1 saturated heterocycles. The topological polar surface area (TPSA) is 81.6 Å². The first kappa shape index (κ1) is 15.8. The molecule has 1 aromatic rings. The Kier molecular flexibility index (Phi) is 5.20. The molecule has 0 radical (unpaired) electrons. The van der Waals surface area contributed by atoms with Crippen molar-refractivity contribution in [3.63, 3.8) is 0 Å². The number of nitrogens with two attached hydrogens (primary N) is 2. The molecule has 3 atom stereocenters. The number of likely N-dealkylation sites (tertiary alicyclic amines) is 1. The number of amides is 1. The summed E-state index contributed by atoms with van der Waals surface area (Å²) in [7, 11) is 1.65. The van der Waals surface area contributed by atoms with E-state index in [0.29, 0.717) is 6.54 Å². The molecule has 1 amide bonds. The normalized spacial score (nSPS) is 22.5. The van der Waals surface area contributed by atoms with Crippen molar-refractivity contribution < 1.29 is 9.53 Å². The Hall–Kier alpha value is -1.59. The van der Waals surface area contributed by atoms with Crippen LogP contribution in [0.3, 0.4) is 0 Å². The van der Waals surface area contributed by atoms with Gasteiger partial charge in [-0.1, -0.05) is 12.1 Å². The van der Waals surface area contributed by atoms with Gasteiger partial charge in [-0.15, -0.1) is 0 Å². The smallest absolute Gasteiger partial charge is 0.221 e. The summed E-state index contributed by atoms with van der Waals surface area (Å²) < 4.78 is 5.20. The maximum atomic E-state index is 11.5. The maximum absolute atomic E-state index is 11.5. The van der Waals surface area contributed by atoms with Crippen molar-refractivity contribution in [1.29, 1.82) is 0 Å². The van der Waals surface area contributed by atoms with Gasteiger partial charge >= 0.3 is 0 Å². The summed E-state index contributed by atoms with van der Waals surface area (Å²) in [5.41, 5.74) is 12.8. The predicted octanol–water partition coefficient (Wildman–Crippen LogP) is 1.28. The van der Waals surface area contributed by atoms with E-state index in [1.54, 1.807) is 7.11 Å². The molecule has 21 heavy (non-hydrogen) atoms. The van der Waals surface area contributed by atoms with Crippen molar-refractivity contribution in [3.8, 4) is 5.75 Å². The van der Waals surface area contributed by atoms with Gasteiger partial charge in [-0.2, -0.15) is 0 Å². The third-order valence-corrected chi connectivity index (χ3v) is 4.20. The third-order valence-electron chi connectivity index (χ3n) is 4.20. The molecule has 2 rings (SSSR count). The molecule has 5 heteroatoms. The fraction of sp³-hybridized carbons (Fsp3) is 0.562. The Balaban J connectivity index is 2.19. The van der Waals surface area contributed by atoms with Crippen molar-refractivity contribution in [2.75, 3.05) is 20.2 Å². The summed E-state index contributed by atoms with van der Waals surface area (Å²) in [5.74, 6) is 0.548. The van der Waals surface area contributed by atoms with Crippen LogP contribution in [0.25, 0.3) is 0 Å². The van der Waals surface area contributed by atoms with Crippen LogP contribution in [-0.2, 0) is 4.79 Å². The number of carbonyl (C=O) groups excluding carboxylic acids is 1. The van der Waals surface area contributed by atoms with Crippen LogP contribution in [-0.4, -0.2) is 37.0 Å². The fourth-order valence-electron chi connectivity index (χ4n) is 3.14. The number of nitrogens with zero attached hydrogens (tertiary/aromatic N) is 1. The molecular weight excluding hydrogens is 266 g/mol. The van der Waals surface area contributed by atoms with Gasteiger partial charge in [0.05, 0.1) is 13.0 Å². The van der Waals surface area contributed by atoms with Crippen molar-refractivity contribution in [3.05, 3.63) is 29.8 Å². The van der Waals surface area contributed by atoms with Crippen LogP contribution in [0.15, 0.2) is 24.3 Å². The second-order valence-corrected chi connectivity index (χ2v) is 5.81. The first-order valence-corrected chi connectivity index (χ1v) is 7.46. The van der Waals surface area contributed by atoms with Crippen molar-refractivity contribution in [2.24, 2.45) is 17.4 Å². The molecule has 0 saturated carbocycles. The Morgan fingerprint density at radius 1 is 1.38 bits per heavy atom. The standard InChI is InChI=1S/C16H25N3O2/c1-11(17)15(12-5-7-14(21-2)8-6-12)19-9-3-4-13(10-19)16(18)20/h5-8,11,13,15H,3-4,9-10,17H2,1-2H3,(H2,18,20). The third kappa shape index (κ3) is 3.74. The summed E-state index contributed by atoms with van der Waals surface area (Å²) in [6, 6.07) is 8.05. The molecule has 0 bridgehead atoms. The number of hydrogen-bond acceptors (Lipinski definition) is 4. The van der Waals surface area contributed by atoms with Crippen LogP contribution in [0.2, 0.25) is 0 Å². The lowest BCUT2D eigenvalue weighted by Crippen LogP contribution is -2.47. The first-order chi connectivity index (χ1) is 10.0. The van der Waals surface area contributed by atoms with Crippen LogP contribution in [0.5, 0.6) is 5.75 Å². The van der Waals surface area contributed by atoms with E-state index < -0.39 is 0 Å². The second kappa shape index (κ2) is 6.91. The monoisotopic (exact) mass is 291 g/mol. The van der Waals surface area contributed by atoms with E-state index in [1.165, 1.54) is 0 Å². The molecule has 1 aliphatic heterocycles. The SMILES string of the molecule is COc1ccc(C(C(C)N)N2CCCC(C(N)=O)C2)cc1. The lowest BCUT2D eigenvalue weighted by Gasteiger charge is -2.39. The quantitative estimate of drug-likeness (QED) is 0.856. The molecule has 0 aromatic heterocycles. The van der Waals surface area contributed by atoms with Gasteiger partial charge in [0.25, 0.3) is 0 Å². The molecule has 0 spiro atoms. The van der Waals surface area contributed by atoms with Gasteiger partial charge in [-0.25, -0.2) is 0 Å². The average molecular weight is 291 g/mol. The lowest BCUT2D eigenvalue weighted by molar-refractivity contribution is -0.123. The van der Waals surface area contributed by atoms with Crippen LogP contribution in [0, 0.1) is 5.92 Å². The zero-order chi connectivity index (χ0) is 15.4. The van der Waals surface area contributed by atoms with Crippen LogP contribution in [0.1, 0.15) is 31.4 Å². The number of piperidine rings is 1. The minimum atomic E-state index is -0.210. The van der Waals surface area contributed by atoms with Gasteiger partial charge in [0.15, 0.2) is 0 Å². The molecule has 116 valence electrons. The number of ether oxygens (including phenoxy) is 1. The molecule has 0 aliphatic carbocycles. The minimum Gasteiger partial charge on any atom is -0.497 e. The van der Waals surface area contributed by atoms with Gasteiger partial charge in [0, 0.05) is 18.6 Å². The molecule has 5 nitrogen and oxygen atoms in total. The lowest BCUT2D eigenvalue weighted by atomic mass is 9.92. The average Bonchev–Trinajstić information content (AvgIpc) is 2.48. The van der Waals surface area contributed by atoms with E-state index in [-0.39, 0.29) is 23.9 Å². The molecule has 4 N–H and O–H groups in total. The first-order valence-electron chi connectivity index (χ1n) is 7.46. The molecule has 1 fully saturated rings. The summed E-state index contributed by atoms with van der Waals surface area (Å²) >= 11 is 0. The van der Waals surface area contributed by atoms with Crippen LogP contribution < -0.4 is 16.2 Å². The highest BCUT2D eigenvalue weighted by atomic mass is 16.5. The van der Waals surface area contributed by atoms with E-state index in [4.69, 9.17) is 16.2 Å². The molecule has 1 aromatic carbocycles. The second-order valence-electron chi connectivity index (χ2n) is 5.81. The van der Waals surface area contributed by atoms with E-state index in [1.807, 2.05) is 31.2 Å². The zero-order valence-corrected chi connectivity index (χ0v) is 12.8. The molecule has 1 aliphatic rings. The van der Waals surface area contributed by atoms with Crippen molar-refractivity contribution in [1.82, 2.24) is 4.90 Å². The number of hydrogen-bond donors (Lipinski definition) is 2. The largest absolute Gasteiger partial charge is 0.497 e. The minimum absolute atomic E-state index is 0.0231. The van der Waals surface area contributed by atoms with E-state index in [2.05, 4.69) is 4.90 Å². The maximum Gasteiger partial charge on any atom is 0.221 e. The number of carbonyl (C=O) groups is 1. The van der Waals surface area contributed by atoms with Gasteiger partial charge in [0.2, 0.25) is 5.91 Å². The zero-order valence-electron chi connectivity index (χ0n) is 12.8. The highest BCUT2D eigenvalue weighted by molar-refractivity contribution is 5.76. The Labute approximate surface area is 126 Å². The van der Waals surface area contributed by atoms with Gasteiger partial charge < -0.3 is 16.2 Å². The number of rotatable bonds is 5. The van der Waals surface area contributed by atoms with E-state index in [0.717, 1.165) is 30.7 Å². The Bertz CT molecular complexity index is 473. The highest BCUT2D eigenvalue weighted by Crippen LogP contribution is 2.29. The van der Waals surface area contributed by atoms with Crippen LogP contribution in [0.4, 0.5) is 0 Å². The molecular formula is C16H25N3O2. The Morgan fingerprint density at radius 2 is 2.05 bits per heavy atom. The number of primary amides is 1. The predicted molar refractivity (Wildman–Crippen MR) is 82.9 cm³/mol. The van der Waals surface area contributed by atoms with Gasteiger partial charge in [-0.05, 0) is 44.0 Å². The number of benzene rings is 1.